The van der Waals surface area contributed by atoms with Crippen molar-refractivity contribution in [2.75, 3.05) is 7.11 Å². The summed E-state index contributed by atoms with van der Waals surface area (Å²) in [6.07, 6.45) is 1.60. The van der Waals surface area contributed by atoms with Crippen molar-refractivity contribution < 1.29 is 9.53 Å². The number of fused-ring (bicyclic) bond motifs is 1. The van der Waals surface area contributed by atoms with Crippen molar-refractivity contribution in [3.63, 3.8) is 0 Å². The second-order valence-electron chi connectivity index (χ2n) is 2.89. The summed E-state index contributed by atoms with van der Waals surface area (Å²) in [5, 5.41) is 0.314. The first-order valence-electron chi connectivity index (χ1n) is 4.07. The average Bonchev–Trinajstić information content (AvgIpc) is 2.59. The highest BCUT2D eigenvalue weighted by molar-refractivity contribution is 6.68. The van der Waals surface area contributed by atoms with Gasteiger partial charge in [0.1, 0.15) is 5.75 Å². The summed E-state index contributed by atoms with van der Waals surface area (Å²) in [5.74, 6) is 0.705. The molecule has 0 amide bonds. The molecule has 0 aliphatic carbocycles. The van der Waals surface area contributed by atoms with Crippen molar-refractivity contribution in [3.8, 4) is 5.75 Å². The molecule has 0 saturated carbocycles. The highest BCUT2D eigenvalue weighted by Gasteiger charge is 2.09. The monoisotopic (exact) mass is 209 g/mol. The van der Waals surface area contributed by atoms with E-state index in [2.05, 4.69) is 4.98 Å². The first kappa shape index (κ1) is 9.09. The van der Waals surface area contributed by atoms with E-state index in [9.17, 15) is 4.79 Å². The smallest absolute Gasteiger partial charge is 0.254 e. The van der Waals surface area contributed by atoms with Crippen LogP contribution in [0.1, 0.15) is 10.4 Å². The van der Waals surface area contributed by atoms with Gasteiger partial charge in [0.2, 0.25) is 0 Å². The number of H-pyrrole nitrogens is 1. The van der Waals surface area contributed by atoms with Crippen molar-refractivity contribution in [2.24, 2.45) is 0 Å². The van der Waals surface area contributed by atoms with E-state index >= 15 is 0 Å². The Hall–Kier alpha value is -1.48. The van der Waals surface area contributed by atoms with E-state index in [0.29, 0.717) is 11.3 Å². The fraction of sp³-hybridized carbons (Fsp3) is 0.100. The Bertz CT molecular complexity index is 490. The number of rotatable bonds is 2. The third kappa shape index (κ3) is 1.36. The Kier molecular flexibility index (Phi) is 2.17. The molecule has 0 spiro atoms. The molecule has 0 unspecified atom stereocenters. The van der Waals surface area contributed by atoms with Gasteiger partial charge in [-0.3, -0.25) is 4.79 Å². The summed E-state index contributed by atoms with van der Waals surface area (Å²) in [6, 6.07) is 5.44. The van der Waals surface area contributed by atoms with Crippen molar-refractivity contribution in [1.82, 2.24) is 4.98 Å². The average molecular weight is 210 g/mol. The van der Waals surface area contributed by atoms with E-state index < -0.39 is 5.24 Å². The van der Waals surface area contributed by atoms with Gasteiger partial charge in [0, 0.05) is 17.1 Å². The number of methoxy groups -OCH3 is 1. The van der Waals surface area contributed by atoms with E-state index in [1.807, 2.05) is 12.1 Å². The first-order chi connectivity index (χ1) is 6.72. The summed E-state index contributed by atoms with van der Waals surface area (Å²) in [5.41, 5.74) is 1.34. The lowest BCUT2D eigenvalue weighted by Gasteiger charge is -1.99. The van der Waals surface area contributed by atoms with E-state index in [0.717, 1.165) is 10.9 Å². The summed E-state index contributed by atoms with van der Waals surface area (Å²) in [4.78, 5) is 14.0. The largest absolute Gasteiger partial charge is 0.497 e. The molecule has 0 aliphatic rings. The van der Waals surface area contributed by atoms with Crippen LogP contribution < -0.4 is 4.74 Å². The number of aromatic nitrogens is 1. The number of nitrogens with one attached hydrogen (secondary N) is 1. The predicted octanol–water partition coefficient (Wildman–Crippen LogP) is 2.56. The number of carbonyl (C=O) groups excluding carboxylic acids is 1. The Labute approximate surface area is 85.6 Å². The Morgan fingerprint density at radius 1 is 1.50 bits per heavy atom. The molecule has 72 valence electrons. The van der Waals surface area contributed by atoms with Gasteiger partial charge >= 0.3 is 0 Å². The zero-order valence-electron chi connectivity index (χ0n) is 7.50. The van der Waals surface area contributed by atoms with Crippen molar-refractivity contribution in [2.45, 2.75) is 0 Å². The Morgan fingerprint density at radius 2 is 2.29 bits per heavy atom. The first-order valence-corrected chi connectivity index (χ1v) is 4.45. The lowest BCUT2D eigenvalue weighted by molar-refractivity contribution is 0.108. The van der Waals surface area contributed by atoms with Crippen LogP contribution in [0, 0.1) is 0 Å². The molecule has 1 N–H and O–H groups in total. The standard InChI is InChI=1S/C10H8ClNO2/c1-14-6-2-3-9-7(4-6)8(5-12-9)10(11)13/h2-5,12H,1H3. The third-order valence-corrected chi connectivity index (χ3v) is 2.30. The molecule has 0 radical (unpaired) electrons. The molecular weight excluding hydrogens is 202 g/mol. The minimum absolute atomic E-state index is 0.468. The Morgan fingerprint density at radius 3 is 2.93 bits per heavy atom. The summed E-state index contributed by atoms with van der Waals surface area (Å²) in [6.45, 7) is 0. The van der Waals surface area contributed by atoms with Crippen LogP contribution >= 0.6 is 11.6 Å². The molecule has 0 bridgehead atoms. The van der Waals surface area contributed by atoms with Crippen LogP contribution in [0.25, 0.3) is 10.9 Å². The van der Waals surface area contributed by atoms with Crippen LogP contribution in [-0.2, 0) is 0 Å². The second-order valence-corrected chi connectivity index (χ2v) is 3.23. The van der Waals surface area contributed by atoms with Crippen LogP contribution in [0.5, 0.6) is 5.75 Å². The van der Waals surface area contributed by atoms with Crippen LogP contribution in [0.2, 0.25) is 0 Å². The van der Waals surface area contributed by atoms with E-state index in [1.54, 1.807) is 19.4 Å². The Balaban J connectivity index is 2.69. The summed E-state index contributed by atoms with van der Waals surface area (Å²) < 4.78 is 5.06. The van der Waals surface area contributed by atoms with Gasteiger partial charge in [-0.05, 0) is 29.8 Å². The van der Waals surface area contributed by atoms with E-state index in [1.165, 1.54) is 0 Å². The molecule has 1 aromatic carbocycles. The number of halogens is 1. The van der Waals surface area contributed by atoms with Crippen molar-refractivity contribution in [3.05, 3.63) is 30.0 Å². The minimum atomic E-state index is -0.468. The number of carbonyl (C=O) groups is 1. The third-order valence-electron chi connectivity index (χ3n) is 2.10. The second kappa shape index (κ2) is 3.35. The molecule has 4 heteroatoms. The lowest BCUT2D eigenvalue weighted by Crippen LogP contribution is -1.86. The molecule has 1 aromatic heterocycles. The summed E-state index contributed by atoms with van der Waals surface area (Å²) in [7, 11) is 1.58. The van der Waals surface area contributed by atoms with Crippen molar-refractivity contribution >= 4 is 27.7 Å². The molecule has 14 heavy (non-hydrogen) atoms. The summed E-state index contributed by atoms with van der Waals surface area (Å²) >= 11 is 5.42. The van der Waals surface area contributed by atoms with Gasteiger partial charge in [-0.25, -0.2) is 0 Å². The quantitative estimate of drug-likeness (QED) is 0.773. The maximum Gasteiger partial charge on any atom is 0.254 e. The zero-order chi connectivity index (χ0) is 10.1. The number of aromatic amines is 1. The molecule has 0 saturated heterocycles. The molecule has 2 rings (SSSR count). The number of hydrogen-bond donors (Lipinski definition) is 1. The molecule has 0 fully saturated rings. The van der Waals surface area contributed by atoms with Gasteiger partial charge in [0.05, 0.1) is 12.7 Å². The van der Waals surface area contributed by atoms with Gasteiger partial charge in [0.15, 0.2) is 0 Å². The predicted molar refractivity (Wildman–Crippen MR) is 55.0 cm³/mol. The molecule has 0 aliphatic heterocycles. The fourth-order valence-corrected chi connectivity index (χ4v) is 1.55. The number of ether oxygens (including phenoxy) is 1. The zero-order valence-corrected chi connectivity index (χ0v) is 8.26. The maximum absolute atomic E-state index is 11.0. The molecular formula is C10H8ClNO2. The van der Waals surface area contributed by atoms with Gasteiger partial charge < -0.3 is 9.72 Å². The minimum Gasteiger partial charge on any atom is -0.497 e. The molecule has 0 atom stereocenters. The van der Waals surface area contributed by atoms with Crippen molar-refractivity contribution in [1.29, 1.82) is 0 Å². The van der Waals surface area contributed by atoms with Crippen LogP contribution in [0.15, 0.2) is 24.4 Å². The van der Waals surface area contributed by atoms with Crippen LogP contribution in [0.4, 0.5) is 0 Å². The highest BCUT2D eigenvalue weighted by atomic mass is 35.5. The van der Waals surface area contributed by atoms with Crippen LogP contribution in [0.3, 0.4) is 0 Å². The molecule has 1 heterocycles. The lowest BCUT2D eigenvalue weighted by atomic mass is 10.2. The molecule has 2 aromatic rings. The van der Waals surface area contributed by atoms with Gasteiger partial charge in [-0.15, -0.1) is 0 Å². The van der Waals surface area contributed by atoms with Gasteiger partial charge in [-0.1, -0.05) is 0 Å². The molecule has 3 nitrogen and oxygen atoms in total. The SMILES string of the molecule is COc1ccc2[nH]cc(C(=O)Cl)c2c1. The maximum atomic E-state index is 11.0. The van der Waals surface area contributed by atoms with Gasteiger partial charge in [0.25, 0.3) is 5.24 Å². The number of hydrogen-bond acceptors (Lipinski definition) is 2. The fourth-order valence-electron chi connectivity index (χ4n) is 1.39. The van der Waals surface area contributed by atoms with E-state index in [4.69, 9.17) is 16.3 Å². The van der Waals surface area contributed by atoms with E-state index in [-0.39, 0.29) is 0 Å². The normalized spacial score (nSPS) is 10.4. The van der Waals surface area contributed by atoms with Crippen LogP contribution in [-0.4, -0.2) is 17.3 Å². The topological polar surface area (TPSA) is 42.1 Å². The van der Waals surface area contributed by atoms with Gasteiger partial charge in [-0.2, -0.15) is 0 Å². The highest BCUT2D eigenvalue weighted by Crippen LogP contribution is 2.24. The number of benzene rings is 1.